The minimum Gasteiger partial charge on any atom is -0.494 e. The number of hydrogen-bond donors (Lipinski definition) is 3. The molecular formula is C19H16BrN3O2S. The van der Waals surface area contributed by atoms with E-state index in [0.29, 0.717) is 5.69 Å². The molecule has 0 bridgehead atoms. The lowest BCUT2D eigenvalue weighted by Crippen LogP contribution is -2.35. The average molecular weight is 430 g/mol. The molecule has 0 amide bonds. The van der Waals surface area contributed by atoms with Crippen molar-refractivity contribution in [3.8, 4) is 11.6 Å². The van der Waals surface area contributed by atoms with Crippen molar-refractivity contribution in [3.63, 3.8) is 0 Å². The van der Waals surface area contributed by atoms with Crippen LogP contribution in [0.4, 0.5) is 0 Å². The van der Waals surface area contributed by atoms with Gasteiger partial charge in [-0.05, 0) is 54.0 Å². The van der Waals surface area contributed by atoms with Gasteiger partial charge in [-0.1, -0.05) is 40.2 Å². The van der Waals surface area contributed by atoms with Crippen LogP contribution in [0.2, 0.25) is 0 Å². The molecule has 2 heterocycles. The minimum atomic E-state index is -0.388. The first-order chi connectivity index (χ1) is 12.6. The first-order valence-electron chi connectivity index (χ1n) is 8.21. The number of nitrogens with one attached hydrogen (secondary N) is 2. The summed E-state index contributed by atoms with van der Waals surface area (Å²) in [5, 5.41) is 14.3. The largest absolute Gasteiger partial charge is 0.494 e. The molecule has 0 radical (unpaired) electrons. The van der Waals surface area contributed by atoms with E-state index in [-0.39, 0.29) is 27.8 Å². The zero-order valence-electron chi connectivity index (χ0n) is 13.7. The lowest BCUT2D eigenvalue weighted by atomic mass is 9.90. The first-order valence-corrected chi connectivity index (χ1v) is 9.41. The molecular weight excluding hydrogens is 414 g/mol. The van der Waals surface area contributed by atoms with Gasteiger partial charge in [0.2, 0.25) is 5.88 Å². The molecule has 132 valence electrons. The Morgan fingerprint density at radius 3 is 2.65 bits per heavy atom. The number of H-pyrrole nitrogens is 1. The fourth-order valence-corrected chi connectivity index (χ4v) is 3.94. The van der Waals surface area contributed by atoms with Gasteiger partial charge in [0.05, 0.1) is 17.3 Å². The third kappa shape index (κ3) is 2.92. The van der Waals surface area contributed by atoms with Crippen LogP contribution in [0.15, 0.2) is 57.8 Å². The molecule has 7 heteroatoms. The van der Waals surface area contributed by atoms with Crippen LogP contribution >= 0.6 is 28.1 Å². The Kier molecular flexibility index (Phi) is 4.52. The summed E-state index contributed by atoms with van der Waals surface area (Å²) in [5.74, 6) is -0.143. The van der Waals surface area contributed by atoms with Crippen molar-refractivity contribution in [2.75, 3.05) is 6.54 Å². The SMILES string of the molecule is O=c1[nH]c(=S)n(-c2ccc(Br)cc2)c(O)c1C1NCCc2ccccc21. The Bertz CT molecular complexity index is 1090. The molecule has 3 aromatic rings. The third-order valence-corrected chi connectivity index (χ3v) is 5.42. The predicted molar refractivity (Wildman–Crippen MR) is 107 cm³/mol. The van der Waals surface area contributed by atoms with E-state index in [0.717, 1.165) is 23.0 Å². The fraction of sp³-hybridized carbons (Fsp3) is 0.158. The van der Waals surface area contributed by atoms with E-state index in [2.05, 4.69) is 32.3 Å². The van der Waals surface area contributed by atoms with E-state index < -0.39 is 0 Å². The molecule has 4 rings (SSSR count). The zero-order chi connectivity index (χ0) is 18.3. The zero-order valence-corrected chi connectivity index (χ0v) is 16.1. The van der Waals surface area contributed by atoms with Gasteiger partial charge in [-0.25, -0.2) is 0 Å². The average Bonchev–Trinajstić information content (AvgIpc) is 2.63. The second-order valence-electron chi connectivity index (χ2n) is 6.14. The summed E-state index contributed by atoms with van der Waals surface area (Å²) in [6.45, 7) is 0.731. The van der Waals surface area contributed by atoms with E-state index in [1.54, 1.807) is 0 Å². The summed E-state index contributed by atoms with van der Waals surface area (Å²) >= 11 is 8.69. The first kappa shape index (κ1) is 17.2. The normalized spacial score (nSPS) is 16.3. The van der Waals surface area contributed by atoms with Crippen LogP contribution in [0.25, 0.3) is 5.69 Å². The number of aromatic hydroxyl groups is 1. The Morgan fingerprint density at radius 2 is 1.88 bits per heavy atom. The topological polar surface area (TPSA) is 70.0 Å². The van der Waals surface area contributed by atoms with Gasteiger partial charge < -0.3 is 10.4 Å². The Hall–Kier alpha value is -2.22. The van der Waals surface area contributed by atoms with Crippen LogP contribution in [0.1, 0.15) is 22.7 Å². The lowest BCUT2D eigenvalue weighted by molar-refractivity contribution is 0.413. The monoisotopic (exact) mass is 429 g/mol. The number of halogens is 1. The molecule has 0 fully saturated rings. The lowest BCUT2D eigenvalue weighted by Gasteiger charge is -2.27. The summed E-state index contributed by atoms with van der Waals surface area (Å²) in [4.78, 5) is 15.4. The highest BCUT2D eigenvalue weighted by Gasteiger charge is 2.28. The number of nitrogens with zero attached hydrogens (tertiary/aromatic N) is 1. The smallest absolute Gasteiger partial charge is 0.260 e. The molecule has 1 unspecified atom stereocenters. The predicted octanol–water partition coefficient (Wildman–Crippen LogP) is 3.60. The van der Waals surface area contributed by atoms with Crippen molar-refractivity contribution >= 4 is 28.1 Å². The Morgan fingerprint density at radius 1 is 1.15 bits per heavy atom. The number of rotatable bonds is 2. The van der Waals surface area contributed by atoms with E-state index in [1.165, 1.54) is 10.1 Å². The van der Waals surface area contributed by atoms with E-state index in [4.69, 9.17) is 12.2 Å². The molecule has 1 aliphatic rings. The number of aromatic amines is 1. The summed E-state index contributed by atoms with van der Waals surface area (Å²) in [7, 11) is 0. The van der Waals surface area contributed by atoms with Gasteiger partial charge in [-0.15, -0.1) is 0 Å². The minimum absolute atomic E-state index is 0.143. The molecule has 1 aromatic heterocycles. The van der Waals surface area contributed by atoms with Gasteiger partial charge in [0.15, 0.2) is 4.77 Å². The Labute approximate surface area is 163 Å². The maximum Gasteiger partial charge on any atom is 0.260 e. The number of aromatic nitrogens is 2. The Balaban J connectivity index is 1.94. The summed E-state index contributed by atoms with van der Waals surface area (Å²) < 4.78 is 2.56. The van der Waals surface area contributed by atoms with E-state index in [9.17, 15) is 9.90 Å². The number of fused-ring (bicyclic) bond motifs is 1. The van der Waals surface area contributed by atoms with Crippen molar-refractivity contribution < 1.29 is 5.11 Å². The van der Waals surface area contributed by atoms with Crippen molar-refractivity contribution in [1.29, 1.82) is 0 Å². The van der Waals surface area contributed by atoms with E-state index in [1.807, 2.05) is 42.5 Å². The highest BCUT2D eigenvalue weighted by atomic mass is 79.9. The van der Waals surface area contributed by atoms with Crippen LogP contribution in [0, 0.1) is 4.77 Å². The summed E-state index contributed by atoms with van der Waals surface area (Å²) in [6, 6.07) is 14.9. The molecule has 0 saturated heterocycles. The van der Waals surface area contributed by atoms with Crippen molar-refractivity contribution in [1.82, 2.24) is 14.9 Å². The number of hydrogen-bond acceptors (Lipinski definition) is 4. The molecule has 5 nitrogen and oxygen atoms in total. The molecule has 0 spiro atoms. The van der Waals surface area contributed by atoms with Gasteiger partial charge in [-0.3, -0.25) is 14.3 Å². The van der Waals surface area contributed by atoms with Gasteiger partial charge >= 0.3 is 0 Å². The van der Waals surface area contributed by atoms with Crippen LogP contribution < -0.4 is 10.9 Å². The van der Waals surface area contributed by atoms with Crippen LogP contribution in [-0.4, -0.2) is 21.2 Å². The van der Waals surface area contributed by atoms with Gasteiger partial charge in [0, 0.05) is 11.0 Å². The third-order valence-electron chi connectivity index (χ3n) is 4.60. The van der Waals surface area contributed by atoms with Gasteiger partial charge in [0.25, 0.3) is 5.56 Å². The quantitative estimate of drug-likeness (QED) is 0.544. The van der Waals surface area contributed by atoms with Crippen LogP contribution in [0.3, 0.4) is 0 Å². The molecule has 1 aliphatic heterocycles. The highest BCUT2D eigenvalue weighted by molar-refractivity contribution is 9.10. The molecule has 0 aliphatic carbocycles. The number of benzene rings is 2. The molecule has 3 N–H and O–H groups in total. The van der Waals surface area contributed by atoms with Gasteiger partial charge in [-0.2, -0.15) is 0 Å². The van der Waals surface area contributed by atoms with Gasteiger partial charge in [0.1, 0.15) is 0 Å². The van der Waals surface area contributed by atoms with Crippen LogP contribution in [0.5, 0.6) is 5.88 Å². The maximum absolute atomic E-state index is 12.7. The maximum atomic E-state index is 12.7. The summed E-state index contributed by atoms with van der Waals surface area (Å²) in [5.41, 5.74) is 2.74. The molecule has 1 atom stereocenters. The summed E-state index contributed by atoms with van der Waals surface area (Å²) in [6.07, 6.45) is 0.886. The second-order valence-corrected chi connectivity index (χ2v) is 7.45. The standard InChI is InChI=1S/C19H16BrN3O2S/c20-12-5-7-13(8-6-12)23-18(25)15(17(24)22-19(23)26)16-14-4-2-1-3-11(14)9-10-21-16/h1-8,16,21,25H,9-10H2,(H,22,24,26). The van der Waals surface area contributed by atoms with E-state index >= 15 is 0 Å². The van der Waals surface area contributed by atoms with Crippen molar-refractivity contribution in [3.05, 3.63) is 84.8 Å². The second kappa shape index (κ2) is 6.83. The highest BCUT2D eigenvalue weighted by Crippen LogP contribution is 2.32. The van der Waals surface area contributed by atoms with Crippen molar-refractivity contribution in [2.24, 2.45) is 0 Å². The van der Waals surface area contributed by atoms with Crippen LogP contribution in [-0.2, 0) is 6.42 Å². The fourth-order valence-electron chi connectivity index (χ4n) is 3.39. The molecule has 26 heavy (non-hydrogen) atoms. The van der Waals surface area contributed by atoms with Crippen molar-refractivity contribution in [2.45, 2.75) is 12.5 Å². The molecule has 0 saturated carbocycles. The molecule has 2 aromatic carbocycles.